The van der Waals surface area contributed by atoms with E-state index in [-0.39, 0.29) is 0 Å². The molecule has 0 aliphatic heterocycles. The van der Waals surface area contributed by atoms with Crippen molar-refractivity contribution in [1.29, 1.82) is 0 Å². The van der Waals surface area contributed by atoms with Gasteiger partial charge in [0.25, 0.3) is 0 Å². The van der Waals surface area contributed by atoms with Gasteiger partial charge in [0.1, 0.15) is 0 Å². The van der Waals surface area contributed by atoms with E-state index in [1.165, 1.54) is 40.8 Å². The Morgan fingerprint density at radius 3 is 2.33 bits per heavy atom. The van der Waals surface area contributed by atoms with Crippen molar-refractivity contribution in [3.8, 4) is 0 Å². The summed E-state index contributed by atoms with van der Waals surface area (Å²) in [4.78, 5) is 0. The van der Waals surface area contributed by atoms with Crippen molar-refractivity contribution in [1.82, 2.24) is 0 Å². The van der Waals surface area contributed by atoms with Crippen molar-refractivity contribution >= 4 is 43.9 Å². The van der Waals surface area contributed by atoms with E-state index < -0.39 is 0 Å². The van der Waals surface area contributed by atoms with Crippen molar-refractivity contribution in [2.24, 2.45) is 0 Å². The molecule has 0 saturated carbocycles. The molecule has 2 heteroatoms. The van der Waals surface area contributed by atoms with Crippen molar-refractivity contribution in [2.75, 3.05) is 0 Å². The zero-order chi connectivity index (χ0) is 4.99. The maximum absolute atomic E-state index is 3.50. The normalized spacial score (nSPS) is 14.7. The Bertz CT molecular complexity index is 28.7. The van der Waals surface area contributed by atoms with Gasteiger partial charge in [0, 0.05) is 0 Å². The molecular weight excluding hydrogens is 151 g/mol. The number of hydrogen-bond acceptors (Lipinski definition) is 0. The Kier molecular flexibility index (Phi) is 5.78. The second-order valence-corrected chi connectivity index (χ2v) is 6.22. The van der Waals surface area contributed by atoms with E-state index in [2.05, 4.69) is 22.9 Å². The monoisotopic (exact) mass is 158 g/mol. The maximum atomic E-state index is 3.50. The second-order valence-electron chi connectivity index (χ2n) is 1.57. The fourth-order valence-corrected chi connectivity index (χ4v) is 1.43. The number of rotatable bonds is 2. The van der Waals surface area contributed by atoms with Gasteiger partial charge in [-0.1, -0.05) is 0 Å². The molecule has 0 radical (unpaired) electrons. The first kappa shape index (κ1) is 7.48. The van der Waals surface area contributed by atoms with E-state index in [0.717, 1.165) is 2.08 Å². The summed E-state index contributed by atoms with van der Waals surface area (Å²) >= 11 is 4.79. The van der Waals surface area contributed by atoms with Gasteiger partial charge in [-0.3, -0.25) is 0 Å². The fourth-order valence-electron chi connectivity index (χ4n) is 0.398. The van der Waals surface area contributed by atoms with E-state index in [4.69, 9.17) is 0 Å². The zero-order valence-corrected chi connectivity index (χ0v) is 7.96. The molecule has 0 fully saturated rings. The van der Waals surface area contributed by atoms with Gasteiger partial charge < -0.3 is 0 Å². The van der Waals surface area contributed by atoms with Crippen LogP contribution in [0.15, 0.2) is 0 Å². The summed E-state index contributed by atoms with van der Waals surface area (Å²) in [5, 5.41) is 0. The molecule has 0 nitrogen and oxygen atoms in total. The van der Waals surface area contributed by atoms with Crippen LogP contribution < -0.4 is 0 Å². The SMILES string of the molecule is CCC[CH]([Na])Br. The van der Waals surface area contributed by atoms with Crippen molar-refractivity contribution < 1.29 is 0 Å². The van der Waals surface area contributed by atoms with E-state index in [1.54, 1.807) is 0 Å². The molecule has 0 heterocycles. The molecule has 1 unspecified atom stereocenters. The van der Waals surface area contributed by atoms with Crippen LogP contribution in [0, 0.1) is 0 Å². The Morgan fingerprint density at radius 1 is 1.83 bits per heavy atom. The Morgan fingerprint density at radius 2 is 2.33 bits per heavy atom. The van der Waals surface area contributed by atoms with Gasteiger partial charge in [0.15, 0.2) is 0 Å². The third-order valence-electron chi connectivity index (χ3n) is 0.686. The summed E-state index contributed by atoms with van der Waals surface area (Å²) in [6, 6.07) is 0. The van der Waals surface area contributed by atoms with Crippen LogP contribution in [0.1, 0.15) is 19.8 Å². The number of alkyl halides is 1. The van der Waals surface area contributed by atoms with Crippen LogP contribution in [0.4, 0.5) is 0 Å². The van der Waals surface area contributed by atoms with Gasteiger partial charge in [-0.05, 0) is 0 Å². The summed E-state index contributed by atoms with van der Waals surface area (Å²) in [7, 11) is 0. The molecule has 0 aliphatic carbocycles. The molecule has 0 spiro atoms. The quantitative estimate of drug-likeness (QED) is 0.424. The Balaban J connectivity index is 2.63. The van der Waals surface area contributed by atoms with Gasteiger partial charge in [-0.25, -0.2) is 0 Å². The summed E-state index contributed by atoms with van der Waals surface area (Å²) in [5.41, 5.74) is 0. The topological polar surface area (TPSA) is 0 Å². The molecule has 0 aliphatic rings. The first-order valence-electron chi connectivity index (χ1n) is 2.41. The Labute approximate surface area is 65.2 Å². The molecule has 0 aromatic rings. The first-order valence-corrected chi connectivity index (χ1v) is 4.48. The van der Waals surface area contributed by atoms with Crippen molar-refractivity contribution in [2.45, 2.75) is 21.8 Å². The van der Waals surface area contributed by atoms with Gasteiger partial charge in [0.05, 0.1) is 0 Å². The van der Waals surface area contributed by atoms with Crippen LogP contribution in [0.5, 0.6) is 0 Å². The van der Waals surface area contributed by atoms with Gasteiger partial charge in [-0.15, -0.1) is 0 Å². The predicted molar refractivity (Wildman–Crippen MR) is 33.4 cm³/mol. The molecule has 1 atom stereocenters. The third-order valence-corrected chi connectivity index (χ3v) is 1.72. The molecule has 0 saturated heterocycles. The summed E-state index contributed by atoms with van der Waals surface area (Å²) in [6.45, 7) is 2.21. The van der Waals surface area contributed by atoms with Crippen LogP contribution in [-0.4, -0.2) is 30.0 Å². The van der Waals surface area contributed by atoms with Crippen LogP contribution in [0.25, 0.3) is 0 Å². The predicted octanol–water partition coefficient (Wildman–Crippen LogP) is 1.68. The molecule has 6 heavy (non-hydrogen) atoms. The van der Waals surface area contributed by atoms with Crippen LogP contribution in [0.3, 0.4) is 0 Å². The molecule has 0 aromatic carbocycles. The van der Waals surface area contributed by atoms with Crippen LogP contribution >= 0.6 is 15.9 Å². The van der Waals surface area contributed by atoms with E-state index in [9.17, 15) is 0 Å². The van der Waals surface area contributed by atoms with Crippen molar-refractivity contribution in [3.05, 3.63) is 0 Å². The van der Waals surface area contributed by atoms with Gasteiger partial charge in [0.2, 0.25) is 0 Å². The minimum absolute atomic E-state index is 0.850. The van der Waals surface area contributed by atoms with E-state index in [1.807, 2.05) is 0 Å². The molecule has 0 N–H and O–H groups in total. The summed E-state index contributed by atoms with van der Waals surface area (Å²) in [6.07, 6.45) is 2.67. The first-order chi connectivity index (χ1) is 2.77. The molecular formula is C4H8BrNa. The molecule has 0 aromatic heterocycles. The minimum atomic E-state index is 0.850. The zero-order valence-electron chi connectivity index (χ0n) is 4.37. The second kappa shape index (κ2) is 4.63. The summed E-state index contributed by atoms with van der Waals surface area (Å²) < 4.78 is 0.850. The molecule has 0 rings (SSSR count). The van der Waals surface area contributed by atoms with Crippen LogP contribution in [0.2, 0.25) is 0 Å². The van der Waals surface area contributed by atoms with E-state index >= 15 is 0 Å². The standard InChI is InChI=1S/C4H8Br.Na/c1-2-3-4-5;/h4H,2-3H2,1H3;. The molecule has 0 bridgehead atoms. The molecule has 32 valence electrons. The number of halogens is 1. The van der Waals surface area contributed by atoms with E-state index in [0.29, 0.717) is 0 Å². The molecule has 0 amide bonds. The van der Waals surface area contributed by atoms with Crippen molar-refractivity contribution in [3.63, 3.8) is 0 Å². The van der Waals surface area contributed by atoms with Gasteiger partial charge >= 0.3 is 65.7 Å². The fraction of sp³-hybridized carbons (Fsp3) is 1.00. The average Bonchev–Trinajstić information content (AvgIpc) is 1.35. The summed E-state index contributed by atoms with van der Waals surface area (Å²) in [5.74, 6) is 0. The van der Waals surface area contributed by atoms with Gasteiger partial charge in [-0.2, -0.15) is 0 Å². The third kappa shape index (κ3) is 5.48. The van der Waals surface area contributed by atoms with Crippen LogP contribution in [-0.2, 0) is 0 Å². The number of hydrogen-bond donors (Lipinski definition) is 0. The Hall–Kier alpha value is 1.48. The average molecular weight is 159 g/mol.